The van der Waals surface area contributed by atoms with E-state index < -0.39 is 11.9 Å². The molecule has 0 aliphatic heterocycles. The van der Waals surface area contributed by atoms with E-state index in [0.717, 1.165) is 22.3 Å². The largest absolute Gasteiger partial charge is 0.368 e. The van der Waals surface area contributed by atoms with Crippen LogP contribution in [-0.4, -0.2) is 32.8 Å². The number of imidazole rings is 1. The first-order valence-corrected chi connectivity index (χ1v) is 12.0. The first kappa shape index (κ1) is 23.7. The van der Waals surface area contributed by atoms with Gasteiger partial charge in [0.25, 0.3) is 5.91 Å². The molecule has 0 bridgehead atoms. The van der Waals surface area contributed by atoms with E-state index in [2.05, 4.69) is 25.6 Å². The number of aromatic nitrogens is 3. The van der Waals surface area contributed by atoms with E-state index >= 15 is 0 Å². The number of nitrogens with two attached hydrogens (primary N) is 1. The van der Waals surface area contributed by atoms with Crippen molar-refractivity contribution in [3.8, 4) is 11.4 Å². The third-order valence-electron chi connectivity index (χ3n) is 6.04. The average molecular weight is 491 g/mol. The molecule has 0 saturated carbocycles. The van der Waals surface area contributed by atoms with E-state index in [1.165, 1.54) is 0 Å². The number of H-pyrrole nitrogens is 1. The van der Waals surface area contributed by atoms with E-state index in [-0.39, 0.29) is 5.91 Å². The highest BCUT2D eigenvalue weighted by atomic mass is 16.2. The maximum atomic E-state index is 12.9. The fraction of sp³-hybridized carbons (Fsp3) is 0.103. The summed E-state index contributed by atoms with van der Waals surface area (Å²) in [7, 11) is 0. The summed E-state index contributed by atoms with van der Waals surface area (Å²) in [5.41, 5.74) is 10.3. The minimum absolute atomic E-state index is 0.367. The lowest BCUT2D eigenvalue weighted by Gasteiger charge is -2.15. The molecule has 184 valence electrons. The van der Waals surface area contributed by atoms with Crippen LogP contribution in [0.3, 0.4) is 0 Å². The van der Waals surface area contributed by atoms with Crippen molar-refractivity contribution in [3.05, 3.63) is 108 Å². The van der Waals surface area contributed by atoms with Crippen LogP contribution in [-0.2, 0) is 11.2 Å². The number of aromatic amines is 1. The predicted octanol–water partition coefficient (Wildman–Crippen LogP) is 4.59. The molecule has 5 N–H and O–H groups in total. The zero-order chi connectivity index (χ0) is 25.6. The van der Waals surface area contributed by atoms with Crippen LogP contribution in [0.1, 0.15) is 22.3 Å². The second-order valence-electron chi connectivity index (χ2n) is 8.69. The number of aryl methyl sites for hydroxylation is 1. The van der Waals surface area contributed by atoms with Crippen LogP contribution >= 0.6 is 0 Å². The number of pyridine rings is 1. The van der Waals surface area contributed by atoms with Gasteiger partial charge in [0.1, 0.15) is 17.7 Å². The number of amides is 2. The van der Waals surface area contributed by atoms with E-state index in [0.29, 0.717) is 35.6 Å². The smallest absolute Gasteiger partial charge is 0.252 e. The summed E-state index contributed by atoms with van der Waals surface area (Å²) >= 11 is 0. The molecular formula is C29H26N6O2. The number of carbonyl (C=O) groups is 2. The molecule has 3 aromatic carbocycles. The third kappa shape index (κ3) is 5.82. The lowest BCUT2D eigenvalue weighted by molar-refractivity contribution is -0.120. The molecule has 2 amide bonds. The second-order valence-corrected chi connectivity index (χ2v) is 8.69. The molecule has 1 atom stereocenters. The number of hydrogen-bond donors (Lipinski definition) is 4. The Morgan fingerprint density at radius 3 is 2.43 bits per heavy atom. The highest BCUT2D eigenvalue weighted by molar-refractivity contribution is 6.00. The van der Waals surface area contributed by atoms with E-state index in [1.807, 2.05) is 72.8 Å². The number of para-hydroxylation sites is 1. The molecule has 37 heavy (non-hydrogen) atoms. The van der Waals surface area contributed by atoms with Crippen LogP contribution in [0.4, 0.5) is 11.5 Å². The summed E-state index contributed by atoms with van der Waals surface area (Å²) in [6, 6.07) is 27.7. The molecule has 2 heterocycles. The summed E-state index contributed by atoms with van der Waals surface area (Å²) in [6.07, 6.45) is 2.76. The van der Waals surface area contributed by atoms with Gasteiger partial charge in [0.05, 0.1) is 11.0 Å². The maximum absolute atomic E-state index is 12.9. The van der Waals surface area contributed by atoms with Gasteiger partial charge < -0.3 is 21.4 Å². The molecule has 0 fully saturated rings. The fourth-order valence-electron chi connectivity index (χ4n) is 4.09. The SMILES string of the molecule is NC(=O)C(CCc1ccccc1)NC(=O)c1ccc2nc(-c3ccnc(Nc4ccccc4)c3)[nH]c2c1. The summed E-state index contributed by atoms with van der Waals surface area (Å²) in [5, 5.41) is 6.05. The van der Waals surface area contributed by atoms with Crippen molar-refractivity contribution in [3.63, 3.8) is 0 Å². The molecule has 0 radical (unpaired) electrons. The van der Waals surface area contributed by atoms with Gasteiger partial charge in [-0.2, -0.15) is 0 Å². The monoisotopic (exact) mass is 490 g/mol. The Balaban J connectivity index is 1.31. The van der Waals surface area contributed by atoms with Crippen LogP contribution in [0.15, 0.2) is 97.2 Å². The predicted molar refractivity (Wildman–Crippen MR) is 144 cm³/mol. The topological polar surface area (TPSA) is 126 Å². The van der Waals surface area contributed by atoms with Crippen LogP contribution in [0.25, 0.3) is 22.4 Å². The molecule has 1 unspecified atom stereocenters. The first-order valence-electron chi connectivity index (χ1n) is 12.0. The van der Waals surface area contributed by atoms with Crippen molar-refractivity contribution in [1.29, 1.82) is 0 Å². The Kier molecular flexibility index (Phi) is 6.89. The summed E-state index contributed by atoms with van der Waals surface area (Å²) in [5.74, 6) is 0.418. The van der Waals surface area contributed by atoms with E-state index in [9.17, 15) is 9.59 Å². The molecular weight excluding hydrogens is 464 g/mol. The standard InChI is InChI=1S/C29H26N6O2/c30-27(36)24(13-11-19-7-3-1-4-8-19)35-29(37)21-12-14-23-25(17-21)34-28(33-23)20-15-16-31-26(18-20)32-22-9-5-2-6-10-22/h1-10,12,14-18,24H,11,13H2,(H2,30,36)(H,31,32)(H,33,34)(H,35,37). The Morgan fingerprint density at radius 2 is 1.68 bits per heavy atom. The summed E-state index contributed by atoms with van der Waals surface area (Å²) in [6.45, 7) is 0. The van der Waals surface area contributed by atoms with Gasteiger partial charge in [0.15, 0.2) is 0 Å². The molecule has 0 spiro atoms. The van der Waals surface area contributed by atoms with Crippen LogP contribution in [0, 0.1) is 0 Å². The number of primary amides is 1. The Bertz CT molecular complexity index is 1530. The number of fused-ring (bicyclic) bond motifs is 1. The second kappa shape index (κ2) is 10.7. The zero-order valence-corrected chi connectivity index (χ0v) is 20.0. The van der Waals surface area contributed by atoms with Crippen molar-refractivity contribution in [2.24, 2.45) is 5.73 Å². The van der Waals surface area contributed by atoms with Gasteiger partial charge in [-0.3, -0.25) is 9.59 Å². The normalized spacial score (nSPS) is 11.7. The van der Waals surface area contributed by atoms with Crippen LogP contribution < -0.4 is 16.4 Å². The molecule has 5 rings (SSSR count). The molecule has 8 nitrogen and oxygen atoms in total. The van der Waals surface area contributed by atoms with Gasteiger partial charge in [-0.15, -0.1) is 0 Å². The third-order valence-corrected chi connectivity index (χ3v) is 6.04. The van der Waals surface area contributed by atoms with Crippen LogP contribution in [0.2, 0.25) is 0 Å². The number of nitrogens with one attached hydrogen (secondary N) is 3. The maximum Gasteiger partial charge on any atom is 0.252 e. The van der Waals surface area contributed by atoms with Gasteiger partial charge >= 0.3 is 0 Å². The van der Waals surface area contributed by atoms with Crippen molar-refractivity contribution in [2.45, 2.75) is 18.9 Å². The van der Waals surface area contributed by atoms with Gasteiger partial charge in [0.2, 0.25) is 5.91 Å². The molecule has 2 aromatic heterocycles. The number of hydrogen-bond acceptors (Lipinski definition) is 5. The fourth-order valence-corrected chi connectivity index (χ4v) is 4.09. The Hall–Kier alpha value is -4.98. The molecule has 0 aliphatic carbocycles. The van der Waals surface area contributed by atoms with Gasteiger partial charge in [-0.25, -0.2) is 9.97 Å². The molecule has 0 aliphatic rings. The van der Waals surface area contributed by atoms with Crippen molar-refractivity contribution >= 4 is 34.4 Å². The molecule has 0 saturated heterocycles. The van der Waals surface area contributed by atoms with Gasteiger partial charge in [0, 0.05) is 23.0 Å². The lowest BCUT2D eigenvalue weighted by Crippen LogP contribution is -2.44. The van der Waals surface area contributed by atoms with E-state index in [1.54, 1.807) is 24.4 Å². The van der Waals surface area contributed by atoms with E-state index in [4.69, 9.17) is 5.73 Å². The molecule has 5 aromatic rings. The quantitative estimate of drug-likeness (QED) is 0.241. The molecule has 8 heteroatoms. The number of nitrogens with zero attached hydrogens (tertiary/aromatic N) is 2. The summed E-state index contributed by atoms with van der Waals surface area (Å²) < 4.78 is 0. The Morgan fingerprint density at radius 1 is 0.919 bits per heavy atom. The van der Waals surface area contributed by atoms with Crippen molar-refractivity contribution in [2.75, 3.05) is 5.32 Å². The average Bonchev–Trinajstić information content (AvgIpc) is 3.36. The zero-order valence-electron chi connectivity index (χ0n) is 20.0. The highest BCUT2D eigenvalue weighted by Crippen LogP contribution is 2.24. The lowest BCUT2D eigenvalue weighted by atomic mass is 10.0. The number of rotatable bonds is 9. The van der Waals surface area contributed by atoms with Crippen molar-refractivity contribution in [1.82, 2.24) is 20.3 Å². The van der Waals surface area contributed by atoms with Crippen LogP contribution in [0.5, 0.6) is 0 Å². The minimum Gasteiger partial charge on any atom is -0.368 e. The number of anilines is 2. The Labute approximate surface area is 214 Å². The van der Waals surface area contributed by atoms with Crippen molar-refractivity contribution < 1.29 is 9.59 Å². The van der Waals surface area contributed by atoms with Gasteiger partial charge in [-0.1, -0.05) is 48.5 Å². The number of benzene rings is 3. The summed E-state index contributed by atoms with van der Waals surface area (Å²) in [4.78, 5) is 37.3. The number of carbonyl (C=O) groups excluding carboxylic acids is 2. The highest BCUT2D eigenvalue weighted by Gasteiger charge is 2.19. The minimum atomic E-state index is -0.770. The van der Waals surface area contributed by atoms with Gasteiger partial charge in [-0.05, 0) is 60.9 Å². The first-order chi connectivity index (χ1) is 18.0.